The number of aromatic nitrogens is 1. The average Bonchev–Trinajstić information content (AvgIpc) is 3.32. The van der Waals surface area contributed by atoms with Crippen LogP contribution in [0.15, 0.2) is 66.7 Å². The number of benzene rings is 2. The number of nitrogens with one attached hydrogen (secondary N) is 1. The molecule has 1 saturated heterocycles. The van der Waals surface area contributed by atoms with Crippen molar-refractivity contribution >= 4 is 50.2 Å². The van der Waals surface area contributed by atoms with Gasteiger partial charge in [-0.3, -0.25) is 9.59 Å². The Labute approximate surface area is 241 Å². The molecule has 2 aromatic heterocycles. The van der Waals surface area contributed by atoms with Crippen molar-refractivity contribution in [1.82, 2.24) is 4.98 Å². The summed E-state index contributed by atoms with van der Waals surface area (Å²) in [5, 5.41) is 2.71. The summed E-state index contributed by atoms with van der Waals surface area (Å²) in [6.07, 6.45) is 1.02. The van der Waals surface area contributed by atoms with Crippen molar-refractivity contribution in [3.8, 4) is 10.4 Å². The predicted octanol–water partition coefficient (Wildman–Crippen LogP) is 5.30. The van der Waals surface area contributed by atoms with Crippen LogP contribution < -0.4 is 15.1 Å². The van der Waals surface area contributed by atoms with Crippen molar-refractivity contribution < 1.29 is 22.4 Å². The van der Waals surface area contributed by atoms with Gasteiger partial charge in [-0.1, -0.05) is 36.4 Å². The summed E-state index contributed by atoms with van der Waals surface area (Å²) in [6.45, 7) is 2.66. The molecular weight excluding hydrogens is 563 g/mol. The lowest BCUT2D eigenvalue weighted by atomic mass is 10.1. The number of sulfone groups is 1. The van der Waals surface area contributed by atoms with Gasteiger partial charge in [-0.25, -0.2) is 17.8 Å². The van der Waals surface area contributed by atoms with Crippen molar-refractivity contribution in [2.75, 3.05) is 39.8 Å². The van der Waals surface area contributed by atoms with Crippen LogP contribution in [0.3, 0.4) is 0 Å². The number of fused-ring (bicyclic) bond motifs is 3. The molecule has 2 aliphatic rings. The van der Waals surface area contributed by atoms with Gasteiger partial charge in [-0.05, 0) is 61.2 Å². The quantitative estimate of drug-likeness (QED) is 0.347. The van der Waals surface area contributed by atoms with Crippen LogP contribution in [0.25, 0.3) is 10.4 Å². The Morgan fingerprint density at radius 1 is 1.02 bits per heavy atom. The SMILES string of the molecule is Cc1cccc(F)c1NC(=O)c1cc2c(s1)-c1ccccc1N(C(=O)c1cccc(N3CCCS(=O)(=O)C3)n1)CC2. The molecule has 4 aromatic rings. The number of nitrogens with zero attached hydrogens (tertiary/aromatic N) is 3. The average molecular weight is 591 g/mol. The molecule has 4 heterocycles. The highest BCUT2D eigenvalue weighted by molar-refractivity contribution is 7.91. The smallest absolute Gasteiger partial charge is 0.276 e. The molecule has 0 spiro atoms. The van der Waals surface area contributed by atoms with E-state index in [4.69, 9.17) is 0 Å². The summed E-state index contributed by atoms with van der Waals surface area (Å²) in [5.41, 5.74) is 3.46. The van der Waals surface area contributed by atoms with Gasteiger partial charge in [0.05, 0.1) is 22.0 Å². The molecule has 1 N–H and O–H groups in total. The van der Waals surface area contributed by atoms with Crippen LogP contribution in [0.5, 0.6) is 0 Å². The minimum Gasteiger partial charge on any atom is -0.342 e. The lowest BCUT2D eigenvalue weighted by Crippen LogP contribution is -2.39. The maximum Gasteiger partial charge on any atom is 0.276 e. The first-order valence-corrected chi connectivity index (χ1v) is 15.9. The van der Waals surface area contributed by atoms with Crippen LogP contribution >= 0.6 is 11.3 Å². The van der Waals surface area contributed by atoms with E-state index in [0.29, 0.717) is 47.9 Å². The van der Waals surface area contributed by atoms with Crippen LogP contribution in [0, 0.1) is 12.7 Å². The normalized spacial score (nSPS) is 16.0. The van der Waals surface area contributed by atoms with Gasteiger partial charge in [-0.15, -0.1) is 11.3 Å². The summed E-state index contributed by atoms with van der Waals surface area (Å²) in [6, 6.07) is 19.1. The summed E-state index contributed by atoms with van der Waals surface area (Å²) in [7, 11) is -3.19. The fourth-order valence-corrected chi connectivity index (χ4v) is 7.84. The number of carbonyl (C=O) groups is 2. The van der Waals surface area contributed by atoms with Crippen molar-refractivity contribution in [2.45, 2.75) is 19.8 Å². The molecule has 0 unspecified atom stereocenters. The van der Waals surface area contributed by atoms with Crippen LogP contribution in [0.4, 0.5) is 21.6 Å². The van der Waals surface area contributed by atoms with E-state index in [2.05, 4.69) is 10.3 Å². The van der Waals surface area contributed by atoms with Gasteiger partial charge in [0.25, 0.3) is 11.8 Å². The third kappa shape index (κ3) is 5.34. The Morgan fingerprint density at radius 3 is 2.63 bits per heavy atom. The second-order valence-electron chi connectivity index (χ2n) is 10.1. The highest BCUT2D eigenvalue weighted by Gasteiger charge is 2.29. The number of anilines is 3. The number of carbonyl (C=O) groups excluding carboxylic acids is 2. The Balaban J connectivity index is 1.29. The molecule has 0 atom stereocenters. The standard InChI is InChI=1S/C30H27FN4O4S2/c1-19-7-4-9-22(31)27(19)33-29(36)25-17-20-13-15-35(24-11-3-2-8-21(24)28(20)40-25)30(37)23-10-5-12-26(32-23)34-14-6-16-41(38,39)18-34/h2-5,7-12,17H,6,13-16,18H2,1H3,(H,33,36). The summed E-state index contributed by atoms with van der Waals surface area (Å²) in [5.74, 6) is -0.665. The van der Waals surface area contributed by atoms with E-state index < -0.39 is 15.7 Å². The van der Waals surface area contributed by atoms with Gasteiger partial charge in [0.2, 0.25) is 0 Å². The molecule has 0 aliphatic carbocycles. The second kappa shape index (κ2) is 10.7. The van der Waals surface area contributed by atoms with Gasteiger partial charge >= 0.3 is 0 Å². The van der Waals surface area contributed by atoms with E-state index in [0.717, 1.165) is 16.0 Å². The Kier molecular flexibility index (Phi) is 7.08. The fraction of sp³-hybridized carbons (Fsp3) is 0.233. The molecule has 1 fully saturated rings. The van der Waals surface area contributed by atoms with Crippen LogP contribution in [-0.4, -0.2) is 49.9 Å². The van der Waals surface area contributed by atoms with Gasteiger partial charge in [0.15, 0.2) is 9.84 Å². The van der Waals surface area contributed by atoms with Gasteiger partial charge in [-0.2, -0.15) is 0 Å². The monoisotopic (exact) mass is 590 g/mol. The first-order valence-electron chi connectivity index (χ1n) is 13.2. The Hall–Kier alpha value is -4.09. The van der Waals surface area contributed by atoms with E-state index in [9.17, 15) is 22.4 Å². The predicted molar refractivity (Wildman–Crippen MR) is 159 cm³/mol. The molecule has 210 valence electrons. The molecular formula is C30H27FN4O4S2. The zero-order valence-corrected chi connectivity index (χ0v) is 23.9. The zero-order chi connectivity index (χ0) is 28.7. The highest BCUT2D eigenvalue weighted by atomic mass is 32.2. The van der Waals surface area contributed by atoms with E-state index >= 15 is 0 Å². The molecule has 0 bridgehead atoms. The van der Waals surface area contributed by atoms with Crippen LogP contribution in [0.2, 0.25) is 0 Å². The van der Waals surface area contributed by atoms with Crippen LogP contribution in [-0.2, 0) is 16.3 Å². The van der Waals surface area contributed by atoms with Crippen molar-refractivity contribution in [3.63, 3.8) is 0 Å². The summed E-state index contributed by atoms with van der Waals surface area (Å²) in [4.78, 5) is 36.2. The summed E-state index contributed by atoms with van der Waals surface area (Å²) >= 11 is 1.31. The Morgan fingerprint density at radius 2 is 1.83 bits per heavy atom. The van der Waals surface area contributed by atoms with Crippen molar-refractivity contribution in [1.29, 1.82) is 0 Å². The third-order valence-electron chi connectivity index (χ3n) is 7.30. The largest absolute Gasteiger partial charge is 0.342 e. The zero-order valence-electron chi connectivity index (χ0n) is 22.3. The number of hydrogen-bond donors (Lipinski definition) is 1. The number of amides is 2. The number of halogens is 1. The van der Waals surface area contributed by atoms with E-state index in [1.807, 2.05) is 30.3 Å². The van der Waals surface area contributed by atoms with E-state index in [1.54, 1.807) is 47.1 Å². The molecule has 8 nitrogen and oxygen atoms in total. The van der Waals surface area contributed by atoms with Crippen LogP contribution in [0.1, 0.15) is 37.7 Å². The molecule has 11 heteroatoms. The number of hydrogen-bond acceptors (Lipinski definition) is 7. The first-order chi connectivity index (χ1) is 19.7. The number of para-hydroxylation sites is 2. The van der Waals surface area contributed by atoms with Crippen molar-refractivity contribution in [3.05, 3.63) is 94.2 Å². The first kappa shape index (κ1) is 27.1. The maximum atomic E-state index is 14.3. The lowest BCUT2D eigenvalue weighted by Gasteiger charge is -2.28. The van der Waals surface area contributed by atoms with E-state index in [-0.39, 0.29) is 34.8 Å². The maximum absolute atomic E-state index is 14.3. The number of thiophene rings is 1. The minimum absolute atomic E-state index is 0.114. The number of pyridine rings is 1. The molecule has 2 aliphatic heterocycles. The minimum atomic E-state index is -3.19. The van der Waals surface area contributed by atoms with Gasteiger partial charge in [0, 0.05) is 23.5 Å². The second-order valence-corrected chi connectivity index (χ2v) is 13.4. The fourth-order valence-electron chi connectivity index (χ4n) is 5.26. The molecule has 6 rings (SSSR count). The number of rotatable bonds is 4. The highest BCUT2D eigenvalue weighted by Crippen LogP contribution is 2.42. The summed E-state index contributed by atoms with van der Waals surface area (Å²) < 4.78 is 38.7. The Bertz CT molecular complexity index is 1770. The topological polar surface area (TPSA) is 99.7 Å². The molecule has 41 heavy (non-hydrogen) atoms. The number of aryl methyl sites for hydroxylation is 1. The van der Waals surface area contributed by atoms with Crippen molar-refractivity contribution in [2.24, 2.45) is 0 Å². The van der Waals surface area contributed by atoms with Gasteiger partial charge in [0.1, 0.15) is 23.2 Å². The molecule has 2 amide bonds. The van der Waals surface area contributed by atoms with E-state index in [1.165, 1.54) is 17.4 Å². The third-order valence-corrected chi connectivity index (χ3v) is 10.1. The molecule has 0 radical (unpaired) electrons. The lowest BCUT2D eigenvalue weighted by molar-refractivity contribution is 0.0981. The van der Waals surface area contributed by atoms with Gasteiger partial charge < -0.3 is 15.1 Å². The molecule has 2 aromatic carbocycles. The molecule has 0 saturated carbocycles.